The zero-order valence-corrected chi connectivity index (χ0v) is 24.2. The van der Waals surface area contributed by atoms with Gasteiger partial charge in [0.25, 0.3) is 0 Å². The van der Waals surface area contributed by atoms with Gasteiger partial charge in [-0.3, -0.25) is 19.2 Å². The molecule has 0 aromatic carbocycles. The molecule has 0 aromatic heterocycles. The molecule has 0 heterocycles. The van der Waals surface area contributed by atoms with Crippen LogP contribution in [-0.4, -0.2) is 63.4 Å². The van der Waals surface area contributed by atoms with E-state index in [1.54, 1.807) is 0 Å². The van der Waals surface area contributed by atoms with Crippen molar-refractivity contribution in [2.75, 3.05) is 27.8 Å². The van der Waals surface area contributed by atoms with E-state index in [9.17, 15) is 19.2 Å². The number of carbonyl (C=O) groups excluding carboxylic acids is 4. The second kappa shape index (κ2) is 11.2. The largest absolute Gasteiger partial charge is 0.462 e. The molecule has 0 saturated heterocycles. The average Bonchev–Trinajstić information content (AvgIpc) is 2.86. The molecular weight excluding hydrogens is 520 g/mol. The van der Waals surface area contributed by atoms with Crippen molar-refractivity contribution in [3.63, 3.8) is 0 Å². The second-order valence-corrected chi connectivity index (χ2v) is 13.5. The Morgan fingerprint density at radius 2 is 1.18 bits per heavy atom. The molecule has 8 aliphatic carbocycles. The number of methoxy groups -OCH3 is 2. The van der Waals surface area contributed by atoms with E-state index in [-0.39, 0.29) is 49.0 Å². The Hall–Kier alpha value is -2.20. The van der Waals surface area contributed by atoms with Crippen molar-refractivity contribution >= 4 is 23.9 Å². The molecule has 224 valence electrons. The number of rotatable bonds is 8. The first kappa shape index (κ1) is 29.3. The molecule has 0 spiro atoms. The molecule has 0 aliphatic heterocycles. The zero-order valence-electron chi connectivity index (χ0n) is 24.2. The van der Waals surface area contributed by atoms with Crippen molar-refractivity contribution < 1.29 is 47.6 Å². The topological polar surface area (TPSA) is 124 Å². The third-order valence-electron chi connectivity index (χ3n) is 10.3. The molecule has 4 atom stereocenters. The lowest BCUT2D eigenvalue weighted by Crippen LogP contribution is -2.60. The van der Waals surface area contributed by atoms with E-state index in [1.165, 1.54) is 28.1 Å². The van der Waals surface area contributed by atoms with Crippen molar-refractivity contribution in [3.8, 4) is 0 Å². The molecule has 0 radical (unpaired) electrons. The number of carbonyl (C=O) groups is 4. The molecule has 10 nitrogen and oxygen atoms in total. The zero-order chi connectivity index (χ0) is 28.7. The SMILES string of the molecule is COCOC(=O)C12CC3CC(C1)C(OC(C)=O)C(C3)C2.COCOC(=O)C12CC3CC(CC(OC(C)=O)(C3)C1)C2. The van der Waals surface area contributed by atoms with Crippen LogP contribution in [0.3, 0.4) is 0 Å². The molecule has 8 bridgehead atoms. The summed E-state index contributed by atoms with van der Waals surface area (Å²) in [7, 11) is 3.02. The minimum absolute atomic E-state index is 0.00349. The average molecular weight is 565 g/mol. The minimum atomic E-state index is -0.460. The first-order chi connectivity index (χ1) is 19.0. The fourth-order valence-corrected chi connectivity index (χ4v) is 9.98. The van der Waals surface area contributed by atoms with Crippen LogP contribution in [0.15, 0.2) is 0 Å². The molecular formula is C30H44O10. The summed E-state index contributed by atoms with van der Waals surface area (Å²) in [5.41, 5.74) is -1.24. The van der Waals surface area contributed by atoms with Crippen LogP contribution in [0.2, 0.25) is 0 Å². The Morgan fingerprint density at radius 3 is 1.68 bits per heavy atom. The molecule has 0 N–H and O–H groups in total. The Bertz CT molecular complexity index is 976. The maximum atomic E-state index is 12.4. The predicted molar refractivity (Wildman–Crippen MR) is 139 cm³/mol. The van der Waals surface area contributed by atoms with Crippen molar-refractivity contribution in [2.24, 2.45) is 40.4 Å². The lowest BCUT2D eigenvalue weighted by Gasteiger charge is -2.59. The summed E-state index contributed by atoms with van der Waals surface area (Å²) in [5, 5.41) is 0. The highest BCUT2D eigenvalue weighted by molar-refractivity contribution is 5.78. The Balaban J connectivity index is 0.000000161. The van der Waals surface area contributed by atoms with Crippen molar-refractivity contribution in [3.05, 3.63) is 0 Å². The van der Waals surface area contributed by atoms with E-state index in [4.69, 9.17) is 28.4 Å². The Morgan fingerprint density at radius 1 is 0.650 bits per heavy atom. The van der Waals surface area contributed by atoms with Gasteiger partial charge in [0.05, 0.1) is 10.8 Å². The first-order valence-electron chi connectivity index (χ1n) is 14.7. The predicted octanol–water partition coefficient (Wildman–Crippen LogP) is 3.93. The second-order valence-electron chi connectivity index (χ2n) is 13.5. The van der Waals surface area contributed by atoms with Gasteiger partial charge in [-0.1, -0.05) is 0 Å². The van der Waals surface area contributed by atoms with Crippen LogP contribution in [0, 0.1) is 40.4 Å². The van der Waals surface area contributed by atoms with Gasteiger partial charge in [0.2, 0.25) is 0 Å². The lowest BCUT2D eigenvalue weighted by atomic mass is 9.48. The highest BCUT2D eigenvalue weighted by atomic mass is 16.7. The molecule has 8 rings (SSSR count). The fraction of sp³-hybridized carbons (Fsp3) is 0.867. The van der Waals surface area contributed by atoms with Crippen molar-refractivity contribution in [1.29, 1.82) is 0 Å². The van der Waals surface area contributed by atoms with Gasteiger partial charge < -0.3 is 28.4 Å². The maximum absolute atomic E-state index is 12.4. The van der Waals surface area contributed by atoms with Gasteiger partial charge in [-0.25, -0.2) is 0 Å². The van der Waals surface area contributed by atoms with Gasteiger partial charge in [0.15, 0.2) is 13.6 Å². The Kier molecular flexibility index (Phi) is 8.23. The summed E-state index contributed by atoms with van der Waals surface area (Å²) < 4.78 is 31.3. The standard InChI is InChI=1S/2C15H22O5/c1-10(16)20-15-6-11-3-12(7-15)5-14(4-11,8-15)13(17)19-9-18-2;1-9(16)20-13-11-3-10-4-12(13)7-15(5-10,6-11)14(17)19-8-18-2/h11-12H,3-9H2,1-2H3;10-13H,3-8H2,1-2H3. The van der Waals surface area contributed by atoms with Gasteiger partial charge in [-0.2, -0.15) is 0 Å². The highest BCUT2D eigenvalue weighted by Crippen LogP contribution is 2.63. The van der Waals surface area contributed by atoms with Gasteiger partial charge in [0, 0.05) is 34.5 Å². The minimum Gasteiger partial charge on any atom is -0.462 e. The van der Waals surface area contributed by atoms with Crippen LogP contribution < -0.4 is 0 Å². The monoisotopic (exact) mass is 564 g/mol. The van der Waals surface area contributed by atoms with Crippen LogP contribution in [0.1, 0.15) is 84.5 Å². The summed E-state index contributed by atoms with van der Waals surface area (Å²) in [4.78, 5) is 47.5. The quantitative estimate of drug-likeness (QED) is 0.243. The molecule has 0 aromatic rings. The summed E-state index contributed by atoms with van der Waals surface area (Å²) in [6.07, 6.45) is 10.00. The first-order valence-corrected chi connectivity index (χ1v) is 14.7. The number of hydrogen-bond acceptors (Lipinski definition) is 10. The van der Waals surface area contributed by atoms with Crippen molar-refractivity contribution in [1.82, 2.24) is 0 Å². The molecule has 0 amide bonds. The third kappa shape index (κ3) is 5.62. The highest BCUT2D eigenvalue weighted by Gasteiger charge is 2.63. The normalized spacial score (nSPS) is 41.5. The van der Waals surface area contributed by atoms with E-state index in [0.717, 1.165) is 64.2 Å². The summed E-state index contributed by atoms with van der Waals surface area (Å²) in [6, 6.07) is 0. The molecule has 8 fully saturated rings. The molecule has 40 heavy (non-hydrogen) atoms. The lowest BCUT2D eigenvalue weighted by molar-refractivity contribution is -0.215. The number of ether oxygens (including phenoxy) is 6. The van der Waals surface area contributed by atoms with Crippen LogP contribution in [0.5, 0.6) is 0 Å². The van der Waals surface area contributed by atoms with Crippen LogP contribution in [0.4, 0.5) is 0 Å². The van der Waals surface area contributed by atoms with E-state index < -0.39 is 11.0 Å². The fourth-order valence-electron chi connectivity index (χ4n) is 9.98. The third-order valence-corrected chi connectivity index (χ3v) is 10.3. The van der Waals surface area contributed by atoms with Crippen molar-refractivity contribution in [2.45, 2.75) is 96.2 Å². The van der Waals surface area contributed by atoms with Gasteiger partial charge in [0.1, 0.15) is 11.7 Å². The number of esters is 4. The van der Waals surface area contributed by atoms with Gasteiger partial charge >= 0.3 is 23.9 Å². The van der Waals surface area contributed by atoms with E-state index in [1.807, 2.05) is 0 Å². The van der Waals surface area contributed by atoms with E-state index >= 15 is 0 Å². The van der Waals surface area contributed by atoms with E-state index in [0.29, 0.717) is 36.0 Å². The molecule has 10 heteroatoms. The summed E-state index contributed by atoms with van der Waals surface area (Å²) in [5.74, 6) is 1.42. The van der Waals surface area contributed by atoms with E-state index in [2.05, 4.69) is 0 Å². The van der Waals surface area contributed by atoms with Crippen LogP contribution in [-0.2, 0) is 47.6 Å². The molecule has 8 saturated carbocycles. The summed E-state index contributed by atoms with van der Waals surface area (Å²) in [6.45, 7) is 2.94. The molecule has 8 aliphatic rings. The molecule has 4 unspecified atom stereocenters. The number of hydrogen-bond donors (Lipinski definition) is 0. The maximum Gasteiger partial charge on any atom is 0.314 e. The summed E-state index contributed by atoms with van der Waals surface area (Å²) >= 11 is 0. The Labute approximate surface area is 236 Å². The van der Waals surface area contributed by atoms with Crippen LogP contribution >= 0.6 is 0 Å². The van der Waals surface area contributed by atoms with Gasteiger partial charge in [-0.15, -0.1) is 0 Å². The smallest absolute Gasteiger partial charge is 0.314 e. The van der Waals surface area contributed by atoms with Crippen LogP contribution in [0.25, 0.3) is 0 Å². The van der Waals surface area contributed by atoms with Gasteiger partial charge in [-0.05, 0) is 93.8 Å².